The molecule has 6 rings (SSSR count). The molecule has 2 atom stereocenters. The fraction of sp³-hybridized carbons (Fsp3) is 0.522. The number of nitrogen functional groups attached to an aromatic ring is 1. The van der Waals surface area contributed by atoms with Crippen molar-refractivity contribution in [1.29, 1.82) is 0 Å². The normalized spacial score (nSPS) is 29.5. The van der Waals surface area contributed by atoms with Crippen LogP contribution in [0.2, 0.25) is 5.02 Å². The number of benzene rings is 1. The zero-order valence-electron chi connectivity index (χ0n) is 18.4. The molecule has 1 aromatic carbocycles. The molecule has 2 unspecified atom stereocenters. The van der Waals surface area contributed by atoms with Crippen LogP contribution in [0.4, 0.5) is 17.6 Å². The van der Waals surface area contributed by atoms with Gasteiger partial charge in [0, 0.05) is 23.2 Å². The van der Waals surface area contributed by atoms with Crippen LogP contribution in [0.15, 0.2) is 24.3 Å². The molecule has 33 heavy (non-hydrogen) atoms. The van der Waals surface area contributed by atoms with Crippen LogP contribution in [-0.4, -0.2) is 32.4 Å². The number of carbonyl (C=O) groups is 2. The van der Waals surface area contributed by atoms with Crippen molar-refractivity contribution in [2.45, 2.75) is 57.6 Å². The molecule has 1 aromatic heterocycles. The number of ether oxygens (including phenoxy) is 1. The maximum Gasteiger partial charge on any atom is 0.312 e. The Hall–Kier alpha value is -2.94. The first-order valence-corrected chi connectivity index (χ1v) is 11.6. The van der Waals surface area contributed by atoms with Gasteiger partial charge in [0.15, 0.2) is 12.4 Å². The molecule has 0 saturated heterocycles. The van der Waals surface area contributed by atoms with Gasteiger partial charge in [-0.05, 0) is 74.6 Å². The highest BCUT2D eigenvalue weighted by molar-refractivity contribution is 6.30. The summed E-state index contributed by atoms with van der Waals surface area (Å²) in [6, 6.07) is 7.08. The smallest absolute Gasteiger partial charge is 0.312 e. The molecule has 0 spiro atoms. The molecule has 174 valence electrons. The molecular weight excluding hydrogens is 444 g/mol. The summed E-state index contributed by atoms with van der Waals surface area (Å²) in [5.41, 5.74) is 5.74. The Morgan fingerprint density at radius 3 is 2.48 bits per heavy atom. The van der Waals surface area contributed by atoms with E-state index in [0.717, 1.165) is 37.8 Å². The number of halogens is 1. The van der Waals surface area contributed by atoms with Crippen molar-refractivity contribution in [2.75, 3.05) is 11.1 Å². The Bertz CT molecular complexity index is 1080. The first-order valence-electron chi connectivity index (χ1n) is 11.2. The molecule has 4 N–H and O–H groups in total. The SMILES string of the molecule is CC(=O)NC12CC3CC(C1)CC(C(=O)OCc1nc(N)nc(Nc4ccc(Cl)cc4)n1)(C3)C2. The molecule has 0 radical (unpaired) electrons. The number of hydrogen-bond acceptors (Lipinski definition) is 8. The summed E-state index contributed by atoms with van der Waals surface area (Å²) in [6.45, 7) is 1.45. The van der Waals surface area contributed by atoms with Crippen molar-refractivity contribution in [3.8, 4) is 0 Å². The lowest BCUT2D eigenvalue weighted by Crippen LogP contribution is -2.64. The van der Waals surface area contributed by atoms with Crippen LogP contribution in [0.3, 0.4) is 0 Å². The molecule has 4 aliphatic rings. The van der Waals surface area contributed by atoms with Crippen LogP contribution in [0.1, 0.15) is 51.3 Å². The number of esters is 1. The molecule has 9 nitrogen and oxygen atoms in total. The molecule has 4 fully saturated rings. The summed E-state index contributed by atoms with van der Waals surface area (Å²) in [4.78, 5) is 37.7. The second-order valence-electron chi connectivity index (χ2n) is 9.84. The van der Waals surface area contributed by atoms with Gasteiger partial charge in [0.25, 0.3) is 0 Å². The molecule has 1 heterocycles. The number of nitrogens with two attached hydrogens (primary N) is 1. The van der Waals surface area contributed by atoms with Gasteiger partial charge < -0.3 is 21.1 Å². The van der Waals surface area contributed by atoms with E-state index in [4.69, 9.17) is 22.1 Å². The zero-order chi connectivity index (χ0) is 23.2. The predicted molar refractivity (Wildman–Crippen MR) is 122 cm³/mol. The third kappa shape index (κ3) is 4.46. The summed E-state index contributed by atoms with van der Waals surface area (Å²) < 4.78 is 5.73. The Kier molecular flexibility index (Phi) is 5.39. The lowest BCUT2D eigenvalue weighted by molar-refractivity contribution is -0.177. The second kappa shape index (κ2) is 8.13. The van der Waals surface area contributed by atoms with Gasteiger partial charge in [-0.2, -0.15) is 15.0 Å². The van der Waals surface area contributed by atoms with Gasteiger partial charge in [0.2, 0.25) is 17.8 Å². The first-order chi connectivity index (χ1) is 15.7. The third-order valence-electron chi connectivity index (χ3n) is 7.07. The van der Waals surface area contributed by atoms with Gasteiger partial charge in [-0.1, -0.05) is 11.6 Å². The van der Waals surface area contributed by atoms with Crippen molar-refractivity contribution in [1.82, 2.24) is 20.3 Å². The minimum absolute atomic E-state index is 0.0342. The van der Waals surface area contributed by atoms with E-state index in [1.54, 1.807) is 31.2 Å². The van der Waals surface area contributed by atoms with E-state index in [2.05, 4.69) is 25.6 Å². The highest BCUT2D eigenvalue weighted by Gasteiger charge is 2.61. The number of amides is 1. The average molecular weight is 471 g/mol. The van der Waals surface area contributed by atoms with Crippen LogP contribution >= 0.6 is 11.6 Å². The van der Waals surface area contributed by atoms with Crippen LogP contribution in [0.5, 0.6) is 0 Å². The maximum absolute atomic E-state index is 13.3. The van der Waals surface area contributed by atoms with Gasteiger partial charge in [0.1, 0.15) is 0 Å². The minimum Gasteiger partial charge on any atom is -0.457 e. The number of aromatic nitrogens is 3. The molecule has 4 saturated carbocycles. The second-order valence-corrected chi connectivity index (χ2v) is 10.3. The summed E-state index contributed by atoms with van der Waals surface area (Å²) in [5, 5.41) is 6.84. The van der Waals surface area contributed by atoms with E-state index in [1.165, 1.54) is 0 Å². The van der Waals surface area contributed by atoms with Crippen molar-refractivity contribution in [3.63, 3.8) is 0 Å². The van der Waals surface area contributed by atoms with E-state index >= 15 is 0 Å². The summed E-state index contributed by atoms with van der Waals surface area (Å²) in [6.07, 6.45) is 5.27. The van der Waals surface area contributed by atoms with Crippen molar-refractivity contribution in [2.24, 2.45) is 17.3 Å². The van der Waals surface area contributed by atoms with Crippen LogP contribution < -0.4 is 16.4 Å². The minimum atomic E-state index is -0.560. The quantitative estimate of drug-likeness (QED) is 0.547. The molecule has 1 amide bonds. The number of nitrogens with one attached hydrogen (secondary N) is 2. The Labute approximate surface area is 196 Å². The summed E-state index contributed by atoms with van der Waals surface area (Å²) in [5.74, 6) is 1.16. The van der Waals surface area contributed by atoms with E-state index < -0.39 is 5.41 Å². The Morgan fingerprint density at radius 2 is 1.82 bits per heavy atom. The van der Waals surface area contributed by atoms with E-state index in [-0.39, 0.29) is 41.7 Å². The fourth-order valence-corrected chi connectivity index (χ4v) is 6.65. The van der Waals surface area contributed by atoms with Crippen LogP contribution in [0, 0.1) is 17.3 Å². The molecule has 4 bridgehead atoms. The summed E-state index contributed by atoms with van der Waals surface area (Å²) in [7, 11) is 0. The largest absolute Gasteiger partial charge is 0.457 e. The van der Waals surface area contributed by atoms with Crippen LogP contribution in [-0.2, 0) is 20.9 Å². The van der Waals surface area contributed by atoms with Gasteiger partial charge in [0.05, 0.1) is 5.41 Å². The van der Waals surface area contributed by atoms with Crippen molar-refractivity contribution < 1.29 is 14.3 Å². The lowest BCUT2D eigenvalue weighted by Gasteiger charge is -2.60. The molecular formula is C23H27ClN6O3. The number of nitrogens with zero attached hydrogens (tertiary/aromatic N) is 3. The first kappa shape index (κ1) is 21.9. The Balaban J connectivity index is 1.29. The molecule has 4 aliphatic carbocycles. The molecule has 0 aliphatic heterocycles. The average Bonchev–Trinajstić information content (AvgIpc) is 2.71. The molecule has 10 heteroatoms. The monoisotopic (exact) mass is 470 g/mol. The number of carbonyl (C=O) groups excluding carboxylic acids is 2. The van der Waals surface area contributed by atoms with E-state index in [0.29, 0.717) is 23.3 Å². The van der Waals surface area contributed by atoms with Gasteiger partial charge in [-0.25, -0.2) is 0 Å². The maximum atomic E-state index is 13.3. The number of anilines is 3. The standard InChI is InChI=1S/C23H27ClN6O3/c1-13(31)30-23-9-14-6-15(10-23)8-22(7-14,12-23)19(32)33-11-18-27-20(25)29-21(28-18)26-17-4-2-16(24)3-5-17/h2-5,14-15H,6-12H2,1H3,(H,30,31)(H3,25,26,27,28,29). The predicted octanol–water partition coefficient (Wildman–Crippen LogP) is 3.37. The van der Waals surface area contributed by atoms with Gasteiger partial charge >= 0.3 is 5.97 Å². The topological polar surface area (TPSA) is 132 Å². The number of hydrogen-bond donors (Lipinski definition) is 3. The van der Waals surface area contributed by atoms with Crippen molar-refractivity contribution in [3.05, 3.63) is 35.1 Å². The fourth-order valence-electron chi connectivity index (χ4n) is 6.52. The van der Waals surface area contributed by atoms with Crippen LogP contribution in [0.25, 0.3) is 0 Å². The van der Waals surface area contributed by atoms with E-state index in [1.807, 2.05) is 0 Å². The van der Waals surface area contributed by atoms with Crippen molar-refractivity contribution >= 4 is 41.1 Å². The third-order valence-corrected chi connectivity index (χ3v) is 7.32. The zero-order valence-corrected chi connectivity index (χ0v) is 19.2. The highest BCUT2D eigenvalue weighted by atomic mass is 35.5. The van der Waals surface area contributed by atoms with E-state index in [9.17, 15) is 9.59 Å². The van der Waals surface area contributed by atoms with Gasteiger partial charge in [-0.3, -0.25) is 9.59 Å². The Morgan fingerprint density at radius 1 is 1.12 bits per heavy atom. The summed E-state index contributed by atoms with van der Waals surface area (Å²) >= 11 is 5.92. The molecule has 2 aromatic rings. The number of rotatable bonds is 6. The highest BCUT2D eigenvalue weighted by Crippen LogP contribution is 2.62. The van der Waals surface area contributed by atoms with Gasteiger partial charge in [-0.15, -0.1) is 0 Å². The lowest BCUT2D eigenvalue weighted by atomic mass is 9.47.